The van der Waals surface area contributed by atoms with Crippen molar-refractivity contribution < 1.29 is 4.74 Å². The molecule has 3 aromatic rings. The van der Waals surface area contributed by atoms with Gasteiger partial charge in [-0.2, -0.15) is 0 Å². The van der Waals surface area contributed by atoms with Crippen molar-refractivity contribution in [3.8, 4) is 16.3 Å². The number of likely N-dealkylation sites (N-methyl/N-ethyl adjacent to an activating group) is 1. The van der Waals surface area contributed by atoms with Gasteiger partial charge in [-0.25, -0.2) is 4.98 Å². The van der Waals surface area contributed by atoms with Gasteiger partial charge in [-0.1, -0.05) is 35.9 Å². The highest BCUT2D eigenvalue weighted by molar-refractivity contribution is 7.13. The first-order valence-corrected chi connectivity index (χ1v) is 10.0. The van der Waals surface area contributed by atoms with Crippen LogP contribution in [0.25, 0.3) is 10.6 Å². The third kappa shape index (κ3) is 5.30. The third-order valence-electron chi connectivity index (χ3n) is 4.41. The van der Waals surface area contributed by atoms with Crippen LogP contribution < -0.4 is 10.1 Å². The van der Waals surface area contributed by atoms with Crippen LogP contribution in [0, 0.1) is 0 Å². The maximum Gasteiger partial charge on any atom is 0.123 e. The molecule has 0 spiro atoms. The summed E-state index contributed by atoms with van der Waals surface area (Å²) in [6.45, 7) is 1.58. The quantitative estimate of drug-likeness (QED) is 0.584. The van der Waals surface area contributed by atoms with Gasteiger partial charge in [0.1, 0.15) is 10.8 Å². The van der Waals surface area contributed by atoms with Crippen LogP contribution in [0.2, 0.25) is 5.02 Å². The zero-order chi connectivity index (χ0) is 19.2. The molecule has 27 heavy (non-hydrogen) atoms. The number of nitrogens with zero attached hydrogens (tertiary/aromatic N) is 2. The number of methoxy groups -OCH3 is 1. The standard InChI is InChI=1S/C21H24ClN3OS/c1-25(2)20(15-6-10-19(26-3)11-7-15)13-23-12-18-14-27-21(24-18)16-4-8-17(22)9-5-16/h4-11,14,20,23H,12-13H2,1-3H3. The van der Waals surface area contributed by atoms with Crippen LogP contribution in [0.15, 0.2) is 53.9 Å². The highest BCUT2D eigenvalue weighted by Gasteiger charge is 2.14. The molecule has 0 bridgehead atoms. The van der Waals surface area contributed by atoms with E-state index in [1.807, 2.05) is 36.4 Å². The summed E-state index contributed by atoms with van der Waals surface area (Å²) in [7, 11) is 5.88. The van der Waals surface area contributed by atoms with Crippen molar-refractivity contribution in [2.45, 2.75) is 12.6 Å². The molecule has 0 amide bonds. The molecule has 3 rings (SSSR count). The number of halogens is 1. The smallest absolute Gasteiger partial charge is 0.123 e. The average Bonchev–Trinajstić information content (AvgIpc) is 3.14. The van der Waals surface area contributed by atoms with Crippen molar-refractivity contribution in [1.29, 1.82) is 0 Å². The number of hydrogen-bond donors (Lipinski definition) is 1. The molecule has 0 saturated carbocycles. The summed E-state index contributed by atoms with van der Waals surface area (Å²) in [6.07, 6.45) is 0. The second-order valence-electron chi connectivity index (χ2n) is 6.53. The molecule has 1 unspecified atom stereocenters. The van der Waals surface area contributed by atoms with E-state index in [2.05, 4.69) is 41.8 Å². The van der Waals surface area contributed by atoms with E-state index in [4.69, 9.17) is 21.3 Å². The van der Waals surface area contributed by atoms with Gasteiger partial charge in [-0.3, -0.25) is 0 Å². The molecule has 0 radical (unpaired) electrons. The molecule has 0 fully saturated rings. The van der Waals surface area contributed by atoms with Gasteiger partial charge in [-0.05, 0) is 43.9 Å². The average molecular weight is 402 g/mol. The zero-order valence-electron chi connectivity index (χ0n) is 15.8. The van der Waals surface area contributed by atoms with Gasteiger partial charge in [-0.15, -0.1) is 11.3 Å². The monoisotopic (exact) mass is 401 g/mol. The number of nitrogens with one attached hydrogen (secondary N) is 1. The maximum absolute atomic E-state index is 5.96. The molecule has 1 N–H and O–H groups in total. The summed E-state index contributed by atoms with van der Waals surface area (Å²) in [5, 5.41) is 7.40. The lowest BCUT2D eigenvalue weighted by atomic mass is 10.1. The summed E-state index contributed by atoms with van der Waals surface area (Å²) in [6, 6.07) is 16.3. The molecular weight excluding hydrogens is 378 g/mol. The molecule has 0 aliphatic rings. The topological polar surface area (TPSA) is 37.4 Å². The lowest BCUT2D eigenvalue weighted by Gasteiger charge is -2.25. The van der Waals surface area contributed by atoms with E-state index in [-0.39, 0.29) is 6.04 Å². The van der Waals surface area contributed by atoms with Gasteiger partial charge in [0, 0.05) is 35.1 Å². The zero-order valence-corrected chi connectivity index (χ0v) is 17.3. The van der Waals surface area contributed by atoms with Gasteiger partial charge >= 0.3 is 0 Å². The van der Waals surface area contributed by atoms with E-state index in [0.29, 0.717) is 0 Å². The molecule has 2 aromatic carbocycles. The van der Waals surface area contributed by atoms with E-state index in [9.17, 15) is 0 Å². The highest BCUT2D eigenvalue weighted by atomic mass is 35.5. The minimum atomic E-state index is 0.283. The summed E-state index contributed by atoms with van der Waals surface area (Å²) >= 11 is 7.61. The van der Waals surface area contributed by atoms with Crippen LogP contribution in [0.3, 0.4) is 0 Å². The fraction of sp³-hybridized carbons (Fsp3) is 0.286. The molecule has 0 saturated heterocycles. The van der Waals surface area contributed by atoms with Gasteiger partial charge in [0.2, 0.25) is 0 Å². The SMILES string of the molecule is COc1ccc(C(CNCc2csc(-c3ccc(Cl)cc3)n2)N(C)C)cc1. The van der Waals surface area contributed by atoms with Crippen LogP contribution in [0.4, 0.5) is 0 Å². The molecule has 1 atom stereocenters. The first kappa shape index (κ1) is 19.8. The predicted octanol–water partition coefficient (Wildman–Crippen LogP) is 4.86. The van der Waals surface area contributed by atoms with Gasteiger partial charge in [0.15, 0.2) is 0 Å². The number of benzene rings is 2. The Bertz CT molecular complexity index is 847. The first-order valence-electron chi connectivity index (χ1n) is 8.78. The lowest BCUT2D eigenvalue weighted by molar-refractivity contribution is 0.288. The van der Waals surface area contributed by atoms with Crippen LogP contribution in [0.5, 0.6) is 5.75 Å². The molecule has 0 aliphatic heterocycles. The minimum absolute atomic E-state index is 0.283. The number of thiazole rings is 1. The highest BCUT2D eigenvalue weighted by Crippen LogP contribution is 2.25. The van der Waals surface area contributed by atoms with E-state index in [0.717, 1.165) is 40.1 Å². The number of hydrogen-bond acceptors (Lipinski definition) is 5. The van der Waals surface area contributed by atoms with Gasteiger partial charge in [0.25, 0.3) is 0 Å². The lowest BCUT2D eigenvalue weighted by Crippen LogP contribution is -2.30. The van der Waals surface area contributed by atoms with Crippen molar-refractivity contribution in [3.63, 3.8) is 0 Å². The Hall–Kier alpha value is -1.92. The fourth-order valence-electron chi connectivity index (χ4n) is 2.87. The van der Waals surface area contributed by atoms with E-state index in [1.54, 1.807) is 18.4 Å². The second kappa shape index (κ2) is 9.33. The molecular formula is C21H24ClN3OS. The molecule has 142 valence electrons. The van der Waals surface area contributed by atoms with Crippen molar-refractivity contribution in [3.05, 3.63) is 70.2 Å². The van der Waals surface area contributed by atoms with Crippen molar-refractivity contribution in [1.82, 2.24) is 15.2 Å². The molecule has 4 nitrogen and oxygen atoms in total. The second-order valence-corrected chi connectivity index (χ2v) is 7.83. The van der Waals surface area contributed by atoms with Crippen molar-refractivity contribution in [2.75, 3.05) is 27.7 Å². The Balaban J connectivity index is 1.59. The molecule has 0 aliphatic carbocycles. The van der Waals surface area contributed by atoms with Crippen LogP contribution in [0.1, 0.15) is 17.3 Å². The summed E-state index contributed by atoms with van der Waals surface area (Å²) in [4.78, 5) is 6.95. The Morgan fingerprint density at radius 3 is 2.44 bits per heavy atom. The van der Waals surface area contributed by atoms with Crippen molar-refractivity contribution >= 4 is 22.9 Å². The first-order chi connectivity index (χ1) is 13.1. The third-order valence-corrected chi connectivity index (χ3v) is 5.60. The normalized spacial score (nSPS) is 12.3. The van der Waals surface area contributed by atoms with E-state index >= 15 is 0 Å². The van der Waals surface area contributed by atoms with Crippen molar-refractivity contribution in [2.24, 2.45) is 0 Å². The largest absolute Gasteiger partial charge is 0.497 e. The Kier molecular flexibility index (Phi) is 6.85. The van der Waals surface area contributed by atoms with Gasteiger partial charge in [0.05, 0.1) is 12.8 Å². The number of ether oxygens (including phenoxy) is 1. The molecule has 1 aromatic heterocycles. The molecule has 6 heteroatoms. The van der Waals surface area contributed by atoms with E-state index < -0.39 is 0 Å². The Morgan fingerprint density at radius 2 is 1.81 bits per heavy atom. The number of aromatic nitrogens is 1. The summed E-state index contributed by atoms with van der Waals surface area (Å²) in [5.41, 5.74) is 3.41. The Labute approximate surface area is 169 Å². The summed E-state index contributed by atoms with van der Waals surface area (Å²) < 4.78 is 5.25. The molecule has 1 heterocycles. The predicted molar refractivity (Wildman–Crippen MR) is 114 cm³/mol. The van der Waals surface area contributed by atoms with Gasteiger partial charge < -0.3 is 15.0 Å². The Morgan fingerprint density at radius 1 is 1.11 bits per heavy atom. The van der Waals surface area contributed by atoms with E-state index in [1.165, 1.54) is 5.56 Å². The fourth-order valence-corrected chi connectivity index (χ4v) is 3.83. The minimum Gasteiger partial charge on any atom is -0.497 e. The van der Waals surface area contributed by atoms with Crippen LogP contribution in [-0.4, -0.2) is 37.6 Å². The summed E-state index contributed by atoms with van der Waals surface area (Å²) in [5.74, 6) is 0.876. The van der Waals surface area contributed by atoms with Crippen LogP contribution >= 0.6 is 22.9 Å². The number of rotatable bonds is 8. The maximum atomic E-state index is 5.96. The van der Waals surface area contributed by atoms with Crippen LogP contribution in [-0.2, 0) is 6.54 Å².